The summed E-state index contributed by atoms with van der Waals surface area (Å²) < 4.78 is 11.0. The summed E-state index contributed by atoms with van der Waals surface area (Å²) in [6.07, 6.45) is 4.81. The molecule has 0 radical (unpaired) electrons. The number of azo groups is 1. The van der Waals surface area contributed by atoms with E-state index in [0.29, 0.717) is 13.2 Å². The number of aryl methyl sites for hydroxylation is 1. The molecule has 1 unspecified atom stereocenters. The number of esters is 1. The van der Waals surface area contributed by atoms with Gasteiger partial charge in [0.05, 0.1) is 30.5 Å². The molecular formula is C24H32N2O3. The van der Waals surface area contributed by atoms with Crippen molar-refractivity contribution < 1.29 is 14.3 Å². The largest absolute Gasteiger partial charge is 0.494 e. The second-order valence-electron chi connectivity index (χ2n) is 7.22. The molecule has 0 spiro atoms. The lowest BCUT2D eigenvalue weighted by molar-refractivity contribution is -0.148. The van der Waals surface area contributed by atoms with Crippen LogP contribution in [0.25, 0.3) is 0 Å². The number of carbonyl (C=O) groups is 1. The molecule has 0 amide bonds. The molecule has 0 bridgehead atoms. The quantitative estimate of drug-likeness (QED) is 0.222. The molecule has 0 aromatic heterocycles. The van der Waals surface area contributed by atoms with Crippen LogP contribution in [0, 0.1) is 12.8 Å². The van der Waals surface area contributed by atoms with E-state index in [9.17, 15) is 4.79 Å². The third-order valence-corrected chi connectivity index (χ3v) is 4.79. The summed E-state index contributed by atoms with van der Waals surface area (Å²) in [6, 6.07) is 15.6. The van der Waals surface area contributed by atoms with Gasteiger partial charge in [-0.3, -0.25) is 4.79 Å². The van der Waals surface area contributed by atoms with E-state index in [2.05, 4.69) is 10.2 Å². The maximum atomic E-state index is 11.6. The summed E-state index contributed by atoms with van der Waals surface area (Å²) in [7, 11) is 0. The fraction of sp³-hybridized carbons (Fsp3) is 0.458. The molecule has 5 nitrogen and oxygen atoms in total. The zero-order valence-electron chi connectivity index (χ0n) is 17.8. The Bertz CT molecular complexity index is 772. The van der Waals surface area contributed by atoms with Crippen LogP contribution < -0.4 is 4.74 Å². The molecule has 2 aromatic carbocycles. The maximum Gasteiger partial charge on any atom is 0.308 e. The first kappa shape index (κ1) is 22.6. The van der Waals surface area contributed by atoms with Crippen molar-refractivity contribution in [3.05, 3.63) is 54.1 Å². The molecule has 2 rings (SSSR count). The van der Waals surface area contributed by atoms with E-state index in [1.54, 1.807) is 0 Å². The fourth-order valence-electron chi connectivity index (χ4n) is 2.63. The zero-order valence-corrected chi connectivity index (χ0v) is 17.8. The van der Waals surface area contributed by atoms with Crippen molar-refractivity contribution in [2.24, 2.45) is 16.1 Å². The van der Waals surface area contributed by atoms with Crippen LogP contribution in [-0.4, -0.2) is 19.2 Å². The standard InChI is InChI=1S/C24H32N2O3/c1-4-19(2)24(27)29-18-10-6-5-9-17-28-22-15-13-21(14-16-22)25-26-23-12-8-7-11-20(23)3/h7-8,11-16,19H,4-6,9-10,17-18H2,1-3H3. The predicted octanol–water partition coefficient (Wildman–Crippen LogP) is 6.94. The number of nitrogens with zero attached hydrogens (tertiary/aromatic N) is 2. The molecule has 5 heteroatoms. The van der Waals surface area contributed by atoms with Crippen LogP contribution >= 0.6 is 0 Å². The lowest BCUT2D eigenvalue weighted by Gasteiger charge is -2.09. The number of unbranched alkanes of at least 4 members (excludes halogenated alkanes) is 3. The van der Waals surface area contributed by atoms with Crippen LogP contribution in [0.4, 0.5) is 11.4 Å². The lowest BCUT2D eigenvalue weighted by Crippen LogP contribution is -2.14. The van der Waals surface area contributed by atoms with Gasteiger partial charge >= 0.3 is 5.97 Å². The van der Waals surface area contributed by atoms with Crippen LogP contribution in [0.15, 0.2) is 58.8 Å². The second-order valence-corrected chi connectivity index (χ2v) is 7.22. The third kappa shape index (κ3) is 8.46. The van der Waals surface area contributed by atoms with Gasteiger partial charge in [-0.1, -0.05) is 32.0 Å². The Hall–Kier alpha value is -2.69. The summed E-state index contributed by atoms with van der Waals surface area (Å²) in [5, 5.41) is 8.57. The molecule has 0 fully saturated rings. The second kappa shape index (κ2) is 12.7. The summed E-state index contributed by atoms with van der Waals surface area (Å²) >= 11 is 0. The van der Waals surface area contributed by atoms with Crippen LogP contribution in [-0.2, 0) is 9.53 Å². The van der Waals surface area contributed by atoms with Crippen molar-refractivity contribution in [1.29, 1.82) is 0 Å². The Morgan fingerprint density at radius 1 is 0.931 bits per heavy atom. The molecule has 156 valence electrons. The highest BCUT2D eigenvalue weighted by Crippen LogP contribution is 2.23. The van der Waals surface area contributed by atoms with E-state index in [4.69, 9.17) is 9.47 Å². The van der Waals surface area contributed by atoms with Gasteiger partial charge in [-0.15, -0.1) is 0 Å². The van der Waals surface area contributed by atoms with Gasteiger partial charge in [-0.05, 0) is 74.9 Å². The normalized spacial score (nSPS) is 12.1. The summed E-state index contributed by atoms with van der Waals surface area (Å²) in [5.41, 5.74) is 2.78. The van der Waals surface area contributed by atoms with E-state index in [-0.39, 0.29) is 11.9 Å². The minimum atomic E-state index is -0.0854. The molecule has 0 heterocycles. The molecule has 0 saturated heterocycles. The number of carbonyl (C=O) groups excluding carboxylic acids is 1. The van der Waals surface area contributed by atoms with Crippen molar-refractivity contribution in [1.82, 2.24) is 0 Å². The molecule has 0 N–H and O–H groups in total. The highest BCUT2D eigenvalue weighted by atomic mass is 16.5. The Kier molecular flexibility index (Phi) is 9.90. The number of benzene rings is 2. The molecule has 0 aliphatic rings. The number of hydrogen-bond acceptors (Lipinski definition) is 5. The third-order valence-electron chi connectivity index (χ3n) is 4.79. The average Bonchev–Trinajstić information content (AvgIpc) is 2.75. The van der Waals surface area contributed by atoms with E-state index in [1.807, 2.05) is 69.3 Å². The van der Waals surface area contributed by atoms with Gasteiger partial charge in [0.1, 0.15) is 5.75 Å². The van der Waals surface area contributed by atoms with E-state index < -0.39 is 0 Å². The van der Waals surface area contributed by atoms with Gasteiger partial charge < -0.3 is 9.47 Å². The minimum Gasteiger partial charge on any atom is -0.494 e. The highest BCUT2D eigenvalue weighted by Gasteiger charge is 2.10. The molecule has 0 aliphatic carbocycles. The topological polar surface area (TPSA) is 60.2 Å². The highest BCUT2D eigenvalue weighted by molar-refractivity contribution is 5.71. The van der Waals surface area contributed by atoms with E-state index >= 15 is 0 Å². The SMILES string of the molecule is CCC(C)C(=O)OCCCCCCOc1ccc(N=Nc2ccccc2C)cc1. The van der Waals surface area contributed by atoms with Gasteiger partial charge in [0.2, 0.25) is 0 Å². The first-order chi connectivity index (χ1) is 14.1. The van der Waals surface area contributed by atoms with Crippen LogP contribution in [0.2, 0.25) is 0 Å². The Labute approximate surface area is 174 Å². The number of rotatable bonds is 12. The van der Waals surface area contributed by atoms with Crippen molar-refractivity contribution in [2.75, 3.05) is 13.2 Å². The first-order valence-corrected chi connectivity index (χ1v) is 10.5. The van der Waals surface area contributed by atoms with Gasteiger partial charge in [-0.2, -0.15) is 10.2 Å². The van der Waals surface area contributed by atoms with Crippen molar-refractivity contribution >= 4 is 17.3 Å². The van der Waals surface area contributed by atoms with Gasteiger partial charge in [0.15, 0.2) is 0 Å². The average molecular weight is 397 g/mol. The summed E-state index contributed by atoms with van der Waals surface area (Å²) in [4.78, 5) is 11.6. The molecule has 2 aromatic rings. The van der Waals surface area contributed by atoms with Gasteiger partial charge in [-0.25, -0.2) is 0 Å². The van der Waals surface area contributed by atoms with E-state index in [0.717, 1.165) is 54.8 Å². The zero-order chi connectivity index (χ0) is 20.9. The Morgan fingerprint density at radius 2 is 1.62 bits per heavy atom. The van der Waals surface area contributed by atoms with Crippen molar-refractivity contribution in [2.45, 2.75) is 52.9 Å². The predicted molar refractivity (Wildman–Crippen MR) is 116 cm³/mol. The summed E-state index contributed by atoms with van der Waals surface area (Å²) in [5.74, 6) is 0.749. The molecule has 29 heavy (non-hydrogen) atoms. The number of ether oxygens (including phenoxy) is 2. The van der Waals surface area contributed by atoms with Crippen molar-refractivity contribution in [3.8, 4) is 5.75 Å². The minimum absolute atomic E-state index is 0.00119. The van der Waals surface area contributed by atoms with Crippen molar-refractivity contribution in [3.63, 3.8) is 0 Å². The monoisotopic (exact) mass is 396 g/mol. The van der Waals surface area contributed by atoms with Gasteiger partial charge in [0, 0.05) is 0 Å². The van der Waals surface area contributed by atoms with E-state index in [1.165, 1.54) is 0 Å². The lowest BCUT2D eigenvalue weighted by atomic mass is 10.1. The fourth-order valence-corrected chi connectivity index (χ4v) is 2.63. The maximum absolute atomic E-state index is 11.6. The first-order valence-electron chi connectivity index (χ1n) is 10.5. The van der Waals surface area contributed by atoms with Gasteiger partial charge in [0.25, 0.3) is 0 Å². The number of hydrogen-bond donors (Lipinski definition) is 0. The molecule has 0 aliphatic heterocycles. The molecule has 0 saturated carbocycles. The van der Waals surface area contributed by atoms with Crippen LogP contribution in [0.5, 0.6) is 5.75 Å². The Balaban J connectivity index is 1.59. The Morgan fingerprint density at radius 3 is 2.31 bits per heavy atom. The molecular weight excluding hydrogens is 364 g/mol. The van der Waals surface area contributed by atoms with Crippen LogP contribution in [0.1, 0.15) is 51.5 Å². The molecule has 1 atom stereocenters. The summed E-state index contributed by atoms with van der Waals surface area (Å²) in [6.45, 7) is 7.11. The smallest absolute Gasteiger partial charge is 0.308 e. The van der Waals surface area contributed by atoms with Crippen LogP contribution in [0.3, 0.4) is 0 Å².